The predicted octanol–water partition coefficient (Wildman–Crippen LogP) is 1.53. The molecule has 21 heavy (non-hydrogen) atoms. The third kappa shape index (κ3) is 4.16. The average molecular weight is 295 g/mol. The van der Waals surface area contributed by atoms with E-state index in [4.69, 9.17) is 10.5 Å². The lowest BCUT2D eigenvalue weighted by Gasteiger charge is -2.27. The molecule has 0 aliphatic carbocycles. The first kappa shape index (κ1) is 16.9. The van der Waals surface area contributed by atoms with E-state index in [-0.39, 0.29) is 12.3 Å². The topological polar surface area (TPSA) is 107 Å². The summed E-state index contributed by atoms with van der Waals surface area (Å²) in [4.78, 5) is 22.0. The van der Waals surface area contributed by atoms with Crippen molar-refractivity contribution in [2.24, 2.45) is 5.73 Å². The molecule has 0 radical (unpaired) electrons. The minimum absolute atomic E-state index is 0.00431. The number of primary amides is 1. The van der Waals surface area contributed by atoms with E-state index in [1.165, 1.54) is 6.07 Å². The van der Waals surface area contributed by atoms with Crippen LogP contribution >= 0.6 is 0 Å². The lowest BCUT2D eigenvalue weighted by Crippen LogP contribution is -2.57. The number of nitrogens with two attached hydrogens (primary N) is 1. The molecule has 1 aromatic carbocycles. The molecule has 0 saturated carbocycles. The van der Waals surface area contributed by atoms with Crippen molar-refractivity contribution in [3.63, 3.8) is 0 Å². The number of benzene rings is 1. The Kier molecular flexibility index (Phi) is 5.66. The molecule has 0 heterocycles. The fourth-order valence-electron chi connectivity index (χ4n) is 1.79. The summed E-state index contributed by atoms with van der Waals surface area (Å²) in [6, 6.07) is 4.58. The van der Waals surface area contributed by atoms with Crippen LogP contribution in [-0.2, 0) is 4.79 Å². The smallest absolute Gasteiger partial charge is 0.276 e. The van der Waals surface area contributed by atoms with Gasteiger partial charge in [-0.3, -0.25) is 14.9 Å². The van der Waals surface area contributed by atoms with E-state index in [0.717, 1.165) is 6.42 Å². The maximum absolute atomic E-state index is 11.6. The Morgan fingerprint density at radius 1 is 1.52 bits per heavy atom. The van der Waals surface area contributed by atoms with Gasteiger partial charge in [0.25, 0.3) is 5.69 Å². The van der Waals surface area contributed by atoms with E-state index in [1.807, 2.05) is 6.92 Å². The molecular formula is C14H21N3O4. The zero-order valence-electron chi connectivity index (χ0n) is 12.5. The molecule has 1 amide bonds. The highest BCUT2D eigenvalue weighted by Crippen LogP contribution is 2.27. The van der Waals surface area contributed by atoms with Gasteiger partial charge in [0.05, 0.1) is 10.5 Å². The van der Waals surface area contributed by atoms with Crippen LogP contribution in [0.4, 0.5) is 5.69 Å². The molecule has 0 aromatic heterocycles. The Morgan fingerprint density at radius 2 is 2.19 bits per heavy atom. The molecule has 0 spiro atoms. The van der Waals surface area contributed by atoms with Crippen LogP contribution in [0.5, 0.6) is 5.75 Å². The molecule has 0 saturated heterocycles. The van der Waals surface area contributed by atoms with Crippen LogP contribution in [0, 0.1) is 17.0 Å². The number of nitro groups is 1. The number of nitrogens with zero attached hydrogens (tertiary/aromatic N) is 1. The lowest BCUT2D eigenvalue weighted by atomic mass is 10.0. The van der Waals surface area contributed by atoms with Crippen LogP contribution in [-0.4, -0.2) is 29.5 Å². The van der Waals surface area contributed by atoms with Gasteiger partial charge in [-0.05, 0) is 32.9 Å². The summed E-state index contributed by atoms with van der Waals surface area (Å²) in [5.41, 5.74) is 4.78. The molecule has 116 valence electrons. The van der Waals surface area contributed by atoms with Crippen LogP contribution in [0.15, 0.2) is 18.2 Å². The van der Waals surface area contributed by atoms with Gasteiger partial charge in [0.15, 0.2) is 0 Å². The largest absolute Gasteiger partial charge is 0.491 e. The second kappa shape index (κ2) is 7.03. The summed E-state index contributed by atoms with van der Waals surface area (Å²) in [7, 11) is 0. The number of rotatable bonds is 8. The predicted molar refractivity (Wildman–Crippen MR) is 79.2 cm³/mol. The van der Waals surface area contributed by atoms with Crippen LogP contribution in [0.3, 0.4) is 0 Å². The van der Waals surface area contributed by atoms with Crippen molar-refractivity contribution in [3.8, 4) is 5.75 Å². The molecule has 0 bridgehead atoms. The van der Waals surface area contributed by atoms with Crippen molar-refractivity contribution in [1.82, 2.24) is 5.32 Å². The molecule has 1 aromatic rings. The van der Waals surface area contributed by atoms with Gasteiger partial charge in [0.1, 0.15) is 17.9 Å². The number of nitro benzene ring substituents is 1. The number of nitrogens with one attached hydrogen (secondary N) is 1. The fourth-order valence-corrected chi connectivity index (χ4v) is 1.79. The van der Waals surface area contributed by atoms with Crippen LogP contribution in [0.1, 0.15) is 25.8 Å². The van der Waals surface area contributed by atoms with Gasteiger partial charge in [-0.2, -0.15) is 0 Å². The summed E-state index contributed by atoms with van der Waals surface area (Å²) >= 11 is 0. The second-order valence-electron chi connectivity index (χ2n) is 5.07. The van der Waals surface area contributed by atoms with Gasteiger partial charge in [-0.25, -0.2) is 0 Å². The number of hydrogen-bond acceptors (Lipinski definition) is 5. The number of hydrogen-bond donors (Lipinski definition) is 2. The van der Waals surface area contributed by atoms with Gasteiger partial charge in [0, 0.05) is 6.07 Å². The second-order valence-corrected chi connectivity index (χ2v) is 5.07. The Labute approximate surface area is 123 Å². The lowest BCUT2D eigenvalue weighted by molar-refractivity contribution is -0.385. The standard InChI is InChI=1S/C14H21N3O4/c1-4-8-16-14(3,13(15)18)9-21-12-7-5-6-11(10(12)2)17(19)20/h5-7,16H,4,8-9H2,1-3H3,(H2,15,18). The van der Waals surface area contributed by atoms with E-state index in [9.17, 15) is 14.9 Å². The minimum Gasteiger partial charge on any atom is -0.491 e. The van der Waals surface area contributed by atoms with E-state index in [1.54, 1.807) is 26.0 Å². The summed E-state index contributed by atoms with van der Waals surface area (Å²) in [5, 5.41) is 13.9. The Hall–Kier alpha value is -2.15. The fraction of sp³-hybridized carbons (Fsp3) is 0.500. The first-order valence-corrected chi connectivity index (χ1v) is 6.73. The van der Waals surface area contributed by atoms with Gasteiger partial charge in [0.2, 0.25) is 5.91 Å². The Morgan fingerprint density at radius 3 is 2.71 bits per heavy atom. The summed E-state index contributed by atoms with van der Waals surface area (Å²) in [6.45, 7) is 5.85. The first-order chi connectivity index (χ1) is 9.81. The molecule has 7 heteroatoms. The monoisotopic (exact) mass is 295 g/mol. The Balaban J connectivity index is 2.88. The molecular weight excluding hydrogens is 274 g/mol. The maximum Gasteiger partial charge on any atom is 0.276 e. The zero-order valence-corrected chi connectivity index (χ0v) is 12.5. The maximum atomic E-state index is 11.6. The first-order valence-electron chi connectivity index (χ1n) is 6.73. The number of ether oxygens (including phenoxy) is 1. The third-order valence-electron chi connectivity index (χ3n) is 3.28. The average Bonchev–Trinajstić information content (AvgIpc) is 2.43. The van der Waals surface area contributed by atoms with E-state index >= 15 is 0 Å². The molecule has 0 aliphatic rings. The van der Waals surface area contributed by atoms with Gasteiger partial charge in [-0.15, -0.1) is 0 Å². The molecule has 3 N–H and O–H groups in total. The zero-order chi connectivity index (χ0) is 16.0. The normalized spacial score (nSPS) is 13.5. The number of carbonyl (C=O) groups is 1. The SMILES string of the molecule is CCCNC(C)(COc1cccc([N+](=O)[O-])c1C)C(N)=O. The highest BCUT2D eigenvalue weighted by Gasteiger charge is 2.31. The summed E-state index contributed by atoms with van der Waals surface area (Å²) < 4.78 is 5.58. The van der Waals surface area contributed by atoms with Gasteiger partial charge < -0.3 is 15.8 Å². The quantitative estimate of drug-likeness (QED) is 0.558. The van der Waals surface area contributed by atoms with E-state index in [2.05, 4.69) is 5.32 Å². The third-order valence-corrected chi connectivity index (χ3v) is 3.28. The molecule has 0 fully saturated rings. The molecule has 1 rings (SSSR count). The van der Waals surface area contributed by atoms with Crippen molar-refractivity contribution in [2.45, 2.75) is 32.7 Å². The van der Waals surface area contributed by atoms with Crippen molar-refractivity contribution in [3.05, 3.63) is 33.9 Å². The Bertz CT molecular complexity index is 533. The van der Waals surface area contributed by atoms with Gasteiger partial charge in [-0.1, -0.05) is 13.0 Å². The van der Waals surface area contributed by atoms with Crippen LogP contribution in [0.2, 0.25) is 0 Å². The highest BCUT2D eigenvalue weighted by molar-refractivity contribution is 5.84. The molecule has 1 atom stereocenters. The van der Waals surface area contributed by atoms with Crippen LogP contribution in [0.25, 0.3) is 0 Å². The van der Waals surface area contributed by atoms with Gasteiger partial charge >= 0.3 is 0 Å². The van der Waals surface area contributed by atoms with Crippen molar-refractivity contribution < 1.29 is 14.5 Å². The van der Waals surface area contributed by atoms with Crippen molar-refractivity contribution in [2.75, 3.05) is 13.2 Å². The van der Waals surface area contributed by atoms with Crippen molar-refractivity contribution >= 4 is 11.6 Å². The molecule has 0 aliphatic heterocycles. The summed E-state index contributed by atoms with van der Waals surface area (Å²) in [6.07, 6.45) is 0.846. The van der Waals surface area contributed by atoms with E-state index < -0.39 is 16.4 Å². The van der Waals surface area contributed by atoms with Crippen LogP contribution < -0.4 is 15.8 Å². The van der Waals surface area contributed by atoms with E-state index in [0.29, 0.717) is 17.9 Å². The summed E-state index contributed by atoms with van der Waals surface area (Å²) in [5.74, 6) is -0.158. The number of amides is 1. The molecule has 1 unspecified atom stereocenters. The minimum atomic E-state index is -1.02. The van der Waals surface area contributed by atoms with Crippen molar-refractivity contribution in [1.29, 1.82) is 0 Å². The number of carbonyl (C=O) groups excluding carboxylic acids is 1. The molecule has 7 nitrogen and oxygen atoms in total. The highest BCUT2D eigenvalue weighted by atomic mass is 16.6.